The largest absolute Gasteiger partial charge is 0.481 e. The molecule has 0 aliphatic carbocycles. The van der Waals surface area contributed by atoms with Gasteiger partial charge in [-0.2, -0.15) is 10.4 Å². The van der Waals surface area contributed by atoms with Gasteiger partial charge in [0.1, 0.15) is 17.6 Å². The minimum atomic E-state index is 0.498. The lowest BCUT2D eigenvalue weighted by Crippen LogP contribution is -2.02. The van der Waals surface area contributed by atoms with Crippen molar-refractivity contribution in [3.8, 4) is 29.2 Å². The highest BCUT2D eigenvalue weighted by Crippen LogP contribution is 2.20. The van der Waals surface area contributed by atoms with E-state index in [1.165, 1.54) is 6.20 Å². The number of rotatable bonds is 3. The van der Waals surface area contributed by atoms with Gasteiger partial charge in [-0.3, -0.25) is 4.98 Å². The highest BCUT2D eigenvalue weighted by Gasteiger charge is 2.13. The van der Waals surface area contributed by atoms with Crippen molar-refractivity contribution in [1.82, 2.24) is 24.7 Å². The molecule has 0 unspecified atom stereocenters. The fraction of sp³-hybridized carbons (Fsp3) is 0.133. The van der Waals surface area contributed by atoms with E-state index in [0.717, 1.165) is 5.69 Å². The number of aryl methyl sites for hydroxylation is 1. The molecule has 0 saturated heterocycles. The molecular formula is C15H12N6O. The van der Waals surface area contributed by atoms with Crippen LogP contribution in [-0.2, 0) is 0 Å². The number of hydrogen-bond acceptors (Lipinski definition) is 6. The van der Waals surface area contributed by atoms with Crippen LogP contribution in [0.1, 0.15) is 11.4 Å². The SMILES string of the molecule is COc1ccc(-n2nc(C)nc2-c2ccc(C#N)cn2)cn1. The molecule has 108 valence electrons. The zero-order valence-corrected chi connectivity index (χ0v) is 12.1. The van der Waals surface area contributed by atoms with Gasteiger partial charge >= 0.3 is 0 Å². The lowest BCUT2D eigenvalue weighted by Gasteiger charge is -2.06. The van der Waals surface area contributed by atoms with Crippen molar-refractivity contribution in [1.29, 1.82) is 5.26 Å². The normalized spacial score (nSPS) is 10.2. The molecule has 3 rings (SSSR count). The predicted molar refractivity (Wildman–Crippen MR) is 78.4 cm³/mol. The second-order valence-electron chi connectivity index (χ2n) is 4.50. The van der Waals surface area contributed by atoms with Crippen LogP contribution < -0.4 is 4.74 Å². The number of methoxy groups -OCH3 is 1. The average Bonchev–Trinajstić information content (AvgIpc) is 2.97. The van der Waals surface area contributed by atoms with E-state index < -0.39 is 0 Å². The van der Waals surface area contributed by atoms with Crippen LogP contribution in [0.5, 0.6) is 5.88 Å². The van der Waals surface area contributed by atoms with Crippen LogP contribution in [0.2, 0.25) is 0 Å². The molecule has 0 saturated carbocycles. The van der Waals surface area contributed by atoms with Gasteiger partial charge in [-0.25, -0.2) is 14.6 Å². The molecule has 0 N–H and O–H groups in total. The van der Waals surface area contributed by atoms with Gasteiger partial charge < -0.3 is 4.74 Å². The van der Waals surface area contributed by atoms with Crippen LogP contribution in [0.4, 0.5) is 0 Å². The van der Waals surface area contributed by atoms with Gasteiger partial charge in [0.15, 0.2) is 5.82 Å². The monoisotopic (exact) mass is 292 g/mol. The molecule has 0 aliphatic heterocycles. The van der Waals surface area contributed by atoms with E-state index in [4.69, 9.17) is 10.00 Å². The van der Waals surface area contributed by atoms with E-state index in [1.54, 1.807) is 43.1 Å². The Labute approximate surface area is 126 Å². The molecule has 0 fully saturated rings. The standard InChI is InChI=1S/C15H12N6O/c1-10-19-15(13-5-3-11(7-16)8-17-13)21(20-10)12-4-6-14(22-2)18-9-12/h3-6,8-9H,1-2H3. The summed E-state index contributed by atoms with van der Waals surface area (Å²) < 4.78 is 6.71. The van der Waals surface area contributed by atoms with Crippen LogP contribution in [0.25, 0.3) is 17.2 Å². The summed E-state index contributed by atoms with van der Waals surface area (Å²) in [6.07, 6.45) is 3.16. The fourth-order valence-corrected chi connectivity index (χ4v) is 1.97. The van der Waals surface area contributed by atoms with E-state index in [2.05, 4.69) is 20.1 Å². The van der Waals surface area contributed by atoms with Crippen molar-refractivity contribution in [2.45, 2.75) is 6.92 Å². The summed E-state index contributed by atoms with van der Waals surface area (Å²) in [5.74, 6) is 1.74. The van der Waals surface area contributed by atoms with Crippen molar-refractivity contribution in [3.63, 3.8) is 0 Å². The van der Waals surface area contributed by atoms with Crippen molar-refractivity contribution < 1.29 is 4.74 Å². The molecule has 3 aromatic rings. The number of aromatic nitrogens is 5. The summed E-state index contributed by atoms with van der Waals surface area (Å²) in [4.78, 5) is 12.8. The first-order valence-corrected chi connectivity index (χ1v) is 6.52. The van der Waals surface area contributed by atoms with Crippen molar-refractivity contribution in [2.24, 2.45) is 0 Å². The minimum absolute atomic E-state index is 0.498. The Morgan fingerprint density at radius 3 is 2.59 bits per heavy atom. The quantitative estimate of drug-likeness (QED) is 0.732. The number of hydrogen-bond donors (Lipinski definition) is 0. The summed E-state index contributed by atoms with van der Waals surface area (Å²) in [5, 5.41) is 13.2. The molecule has 7 heteroatoms. The van der Waals surface area contributed by atoms with Gasteiger partial charge in [0, 0.05) is 12.3 Å². The second kappa shape index (κ2) is 5.61. The molecule has 7 nitrogen and oxygen atoms in total. The summed E-state index contributed by atoms with van der Waals surface area (Å²) in [5.41, 5.74) is 1.88. The zero-order valence-electron chi connectivity index (χ0n) is 12.1. The first-order chi connectivity index (χ1) is 10.7. The molecular weight excluding hydrogens is 280 g/mol. The topological polar surface area (TPSA) is 89.5 Å². The van der Waals surface area contributed by atoms with E-state index in [9.17, 15) is 0 Å². The lowest BCUT2D eigenvalue weighted by atomic mass is 10.2. The third kappa shape index (κ3) is 2.50. The highest BCUT2D eigenvalue weighted by atomic mass is 16.5. The molecule has 0 bridgehead atoms. The molecule has 3 aromatic heterocycles. The third-order valence-electron chi connectivity index (χ3n) is 3.01. The van der Waals surface area contributed by atoms with E-state index >= 15 is 0 Å². The van der Waals surface area contributed by atoms with E-state index in [1.807, 2.05) is 12.1 Å². The lowest BCUT2D eigenvalue weighted by molar-refractivity contribution is 0.397. The van der Waals surface area contributed by atoms with Gasteiger partial charge in [0.05, 0.1) is 24.6 Å². The van der Waals surface area contributed by atoms with Crippen LogP contribution in [0, 0.1) is 18.3 Å². The van der Waals surface area contributed by atoms with Gasteiger partial charge in [-0.1, -0.05) is 0 Å². The Kier molecular flexibility index (Phi) is 3.50. The smallest absolute Gasteiger partial charge is 0.213 e. The molecule has 22 heavy (non-hydrogen) atoms. The first-order valence-electron chi connectivity index (χ1n) is 6.52. The Balaban J connectivity index is 2.06. The minimum Gasteiger partial charge on any atom is -0.481 e. The van der Waals surface area contributed by atoms with Crippen molar-refractivity contribution in [2.75, 3.05) is 7.11 Å². The molecule has 0 aromatic carbocycles. The number of ether oxygens (including phenoxy) is 1. The molecule has 3 heterocycles. The van der Waals surface area contributed by atoms with Gasteiger partial charge in [-0.15, -0.1) is 0 Å². The maximum atomic E-state index is 8.84. The van der Waals surface area contributed by atoms with Gasteiger partial charge in [0.2, 0.25) is 5.88 Å². The summed E-state index contributed by atoms with van der Waals surface area (Å²) >= 11 is 0. The Hall–Kier alpha value is -3.27. The van der Waals surface area contributed by atoms with E-state index in [0.29, 0.717) is 28.8 Å². The van der Waals surface area contributed by atoms with Crippen LogP contribution in [-0.4, -0.2) is 31.8 Å². The maximum Gasteiger partial charge on any atom is 0.213 e. The van der Waals surface area contributed by atoms with Gasteiger partial charge in [0.25, 0.3) is 0 Å². The molecule has 0 spiro atoms. The summed E-state index contributed by atoms with van der Waals surface area (Å²) in [6.45, 7) is 1.81. The third-order valence-corrected chi connectivity index (χ3v) is 3.01. The van der Waals surface area contributed by atoms with Crippen LogP contribution >= 0.6 is 0 Å². The van der Waals surface area contributed by atoms with Crippen LogP contribution in [0.15, 0.2) is 36.7 Å². The number of pyridine rings is 2. The average molecular weight is 292 g/mol. The Bertz CT molecular complexity index is 830. The molecule has 0 aliphatic rings. The molecule has 0 atom stereocenters. The first kappa shape index (κ1) is 13.7. The maximum absolute atomic E-state index is 8.84. The second-order valence-corrected chi connectivity index (χ2v) is 4.50. The van der Waals surface area contributed by atoms with Crippen LogP contribution in [0.3, 0.4) is 0 Å². The highest BCUT2D eigenvalue weighted by molar-refractivity contribution is 5.54. The fourth-order valence-electron chi connectivity index (χ4n) is 1.97. The number of nitriles is 1. The van der Waals surface area contributed by atoms with E-state index in [-0.39, 0.29) is 0 Å². The Morgan fingerprint density at radius 1 is 1.14 bits per heavy atom. The van der Waals surface area contributed by atoms with Crippen molar-refractivity contribution in [3.05, 3.63) is 48.0 Å². The van der Waals surface area contributed by atoms with Gasteiger partial charge in [-0.05, 0) is 25.1 Å². The Morgan fingerprint density at radius 2 is 2.00 bits per heavy atom. The predicted octanol–water partition coefficient (Wildman–Crippen LogP) is 1.91. The van der Waals surface area contributed by atoms with Crippen molar-refractivity contribution >= 4 is 0 Å². The zero-order chi connectivity index (χ0) is 15.5. The summed E-state index contributed by atoms with van der Waals surface area (Å²) in [7, 11) is 1.56. The summed E-state index contributed by atoms with van der Waals surface area (Å²) in [6, 6.07) is 9.08. The number of nitrogens with zero attached hydrogens (tertiary/aromatic N) is 6. The molecule has 0 amide bonds. The molecule has 0 radical (unpaired) electrons.